The molecule has 2 unspecified atom stereocenters. The van der Waals surface area contributed by atoms with Crippen LogP contribution in [0, 0.1) is 17.2 Å². The smallest absolute Gasteiger partial charge is 0.119 e. The summed E-state index contributed by atoms with van der Waals surface area (Å²) < 4.78 is 5.83. The molecule has 16 heavy (non-hydrogen) atoms. The molecule has 2 rings (SSSR count). The molecule has 0 spiro atoms. The van der Waals surface area contributed by atoms with Crippen LogP contribution in [-0.2, 0) is 0 Å². The number of halogens is 1. The van der Waals surface area contributed by atoms with E-state index < -0.39 is 0 Å². The molecule has 1 saturated carbocycles. The number of nitrogens with zero attached hydrogens (tertiary/aromatic N) is 1. The van der Waals surface area contributed by atoms with Crippen LogP contribution in [0.2, 0.25) is 5.02 Å². The van der Waals surface area contributed by atoms with Crippen molar-refractivity contribution in [2.24, 2.45) is 5.92 Å². The lowest BCUT2D eigenvalue weighted by Crippen LogP contribution is -2.29. The number of benzene rings is 1. The van der Waals surface area contributed by atoms with Crippen LogP contribution in [0.3, 0.4) is 0 Å². The molecule has 2 atom stereocenters. The zero-order chi connectivity index (χ0) is 11.4. The molecule has 1 aliphatic rings. The number of hydrogen-bond donors (Lipinski definition) is 0. The molecule has 1 aliphatic carbocycles. The van der Waals surface area contributed by atoms with E-state index >= 15 is 0 Å². The van der Waals surface area contributed by atoms with E-state index in [1.54, 1.807) is 12.1 Å². The van der Waals surface area contributed by atoms with Crippen LogP contribution in [0.25, 0.3) is 0 Å². The van der Waals surface area contributed by atoms with Crippen LogP contribution in [0.1, 0.15) is 25.7 Å². The van der Waals surface area contributed by atoms with Crippen LogP contribution < -0.4 is 4.74 Å². The summed E-state index contributed by atoms with van der Waals surface area (Å²) in [7, 11) is 0. The van der Waals surface area contributed by atoms with E-state index in [2.05, 4.69) is 6.07 Å². The van der Waals surface area contributed by atoms with Gasteiger partial charge in [-0.1, -0.05) is 18.0 Å². The van der Waals surface area contributed by atoms with Gasteiger partial charge in [0.2, 0.25) is 0 Å². The molecule has 1 aromatic rings. The minimum Gasteiger partial charge on any atom is -0.489 e. The van der Waals surface area contributed by atoms with E-state index in [1.165, 1.54) is 0 Å². The van der Waals surface area contributed by atoms with Gasteiger partial charge < -0.3 is 4.74 Å². The molecule has 1 aromatic carbocycles. The molecule has 1 fully saturated rings. The highest BCUT2D eigenvalue weighted by Gasteiger charge is 2.26. The van der Waals surface area contributed by atoms with Crippen molar-refractivity contribution >= 4 is 11.6 Å². The molecule has 0 N–H and O–H groups in total. The minimum absolute atomic E-state index is 0.0319. The van der Waals surface area contributed by atoms with E-state index in [4.69, 9.17) is 21.6 Å². The van der Waals surface area contributed by atoms with Crippen LogP contribution in [-0.4, -0.2) is 6.10 Å². The molecule has 0 aromatic heterocycles. The predicted molar refractivity (Wildman–Crippen MR) is 63.4 cm³/mol. The first-order valence-electron chi connectivity index (χ1n) is 5.61. The molecule has 0 heterocycles. The molecule has 0 saturated heterocycles. The summed E-state index contributed by atoms with van der Waals surface area (Å²) in [5.41, 5.74) is 0. The van der Waals surface area contributed by atoms with Gasteiger partial charge in [0.1, 0.15) is 11.9 Å². The van der Waals surface area contributed by atoms with Gasteiger partial charge in [-0.3, -0.25) is 0 Å². The third-order valence-corrected chi connectivity index (χ3v) is 3.22. The molecular formula is C13H14ClNO. The highest BCUT2D eigenvalue weighted by Crippen LogP contribution is 2.28. The van der Waals surface area contributed by atoms with Crippen molar-refractivity contribution in [3.05, 3.63) is 29.3 Å². The lowest BCUT2D eigenvalue weighted by molar-refractivity contribution is 0.120. The fourth-order valence-electron chi connectivity index (χ4n) is 2.07. The minimum atomic E-state index is 0.0319. The summed E-state index contributed by atoms with van der Waals surface area (Å²) in [6, 6.07) is 9.65. The Morgan fingerprint density at radius 2 is 1.88 bits per heavy atom. The van der Waals surface area contributed by atoms with Crippen molar-refractivity contribution in [3.8, 4) is 11.8 Å². The molecule has 84 valence electrons. The molecule has 0 radical (unpaired) electrons. The van der Waals surface area contributed by atoms with Gasteiger partial charge in [-0.15, -0.1) is 0 Å². The second-order valence-corrected chi connectivity index (χ2v) is 4.57. The summed E-state index contributed by atoms with van der Waals surface area (Å²) in [6.07, 6.45) is 4.25. The van der Waals surface area contributed by atoms with E-state index in [0.717, 1.165) is 31.4 Å². The number of rotatable bonds is 2. The first-order valence-corrected chi connectivity index (χ1v) is 5.99. The Morgan fingerprint density at radius 1 is 1.19 bits per heavy atom. The fraction of sp³-hybridized carbons (Fsp3) is 0.462. The molecular weight excluding hydrogens is 222 g/mol. The van der Waals surface area contributed by atoms with Crippen LogP contribution >= 0.6 is 11.6 Å². The summed E-state index contributed by atoms with van der Waals surface area (Å²) in [5, 5.41) is 9.73. The average Bonchev–Trinajstić information content (AvgIpc) is 2.33. The van der Waals surface area contributed by atoms with Gasteiger partial charge in [-0.25, -0.2) is 0 Å². The van der Waals surface area contributed by atoms with Crippen molar-refractivity contribution in [1.29, 1.82) is 5.26 Å². The van der Waals surface area contributed by atoms with Gasteiger partial charge in [-0.2, -0.15) is 5.26 Å². The molecule has 0 bridgehead atoms. The molecule has 2 nitrogen and oxygen atoms in total. The Morgan fingerprint density at radius 3 is 2.56 bits per heavy atom. The topological polar surface area (TPSA) is 33.0 Å². The number of nitriles is 1. The lowest BCUT2D eigenvalue weighted by Gasteiger charge is -2.27. The maximum Gasteiger partial charge on any atom is 0.119 e. The Kier molecular flexibility index (Phi) is 3.69. The molecule has 0 aliphatic heterocycles. The fourth-order valence-corrected chi connectivity index (χ4v) is 2.20. The SMILES string of the molecule is N#CC1CCCCC1Oc1ccc(Cl)cc1. The summed E-state index contributed by atoms with van der Waals surface area (Å²) in [6.45, 7) is 0. The van der Waals surface area contributed by atoms with Gasteiger partial charge >= 0.3 is 0 Å². The molecule has 0 amide bonds. The largest absolute Gasteiger partial charge is 0.489 e. The Hall–Kier alpha value is -1.20. The number of hydrogen-bond acceptors (Lipinski definition) is 2. The monoisotopic (exact) mass is 235 g/mol. The first-order chi connectivity index (χ1) is 7.79. The second kappa shape index (κ2) is 5.23. The third-order valence-electron chi connectivity index (χ3n) is 2.97. The maximum absolute atomic E-state index is 9.03. The zero-order valence-electron chi connectivity index (χ0n) is 9.03. The Balaban J connectivity index is 2.02. The number of ether oxygens (including phenoxy) is 1. The van der Waals surface area contributed by atoms with Gasteiger partial charge in [0, 0.05) is 5.02 Å². The Bertz CT molecular complexity index is 382. The predicted octanol–water partition coefficient (Wildman–Crippen LogP) is 3.80. The quantitative estimate of drug-likeness (QED) is 0.781. The third kappa shape index (κ3) is 2.68. The summed E-state index contributed by atoms with van der Waals surface area (Å²) in [4.78, 5) is 0. The highest BCUT2D eigenvalue weighted by atomic mass is 35.5. The van der Waals surface area contributed by atoms with E-state index in [0.29, 0.717) is 5.02 Å². The van der Waals surface area contributed by atoms with Gasteiger partial charge in [0.15, 0.2) is 0 Å². The van der Waals surface area contributed by atoms with Gasteiger partial charge in [-0.05, 0) is 43.5 Å². The van der Waals surface area contributed by atoms with Gasteiger partial charge in [0.05, 0.1) is 12.0 Å². The standard InChI is InChI=1S/C13H14ClNO/c14-11-5-7-12(8-6-11)16-13-4-2-1-3-10(13)9-15/h5-8,10,13H,1-4H2. The second-order valence-electron chi connectivity index (χ2n) is 4.13. The lowest BCUT2D eigenvalue weighted by atomic mass is 9.87. The highest BCUT2D eigenvalue weighted by molar-refractivity contribution is 6.30. The average molecular weight is 236 g/mol. The van der Waals surface area contributed by atoms with E-state index in [1.807, 2.05) is 12.1 Å². The van der Waals surface area contributed by atoms with E-state index in [9.17, 15) is 0 Å². The van der Waals surface area contributed by atoms with Crippen LogP contribution in [0.5, 0.6) is 5.75 Å². The van der Waals surface area contributed by atoms with Crippen molar-refractivity contribution in [1.82, 2.24) is 0 Å². The summed E-state index contributed by atoms with van der Waals surface area (Å²) in [5.74, 6) is 0.834. The van der Waals surface area contributed by atoms with Crippen molar-refractivity contribution in [3.63, 3.8) is 0 Å². The van der Waals surface area contributed by atoms with Crippen LogP contribution in [0.4, 0.5) is 0 Å². The van der Waals surface area contributed by atoms with Crippen molar-refractivity contribution in [2.75, 3.05) is 0 Å². The maximum atomic E-state index is 9.03. The van der Waals surface area contributed by atoms with Gasteiger partial charge in [0.25, 0.3) is 0 Å². The Labute approximate surface area is 101 Å². The van der Waals surface area contributed by atoms with Crippen molar-refractivity contribution < 1.29 is 4.74 Å². The normalized spacial score (nSPS) is 24.8. The van der Waals surface area contributed by atoms with E-state index in [-0.39, 0.29) is 12.0 Å². The van der Waals surface area contributed by atoms with Crippen molar-refractivity contribution in [2.45, 2.75) is 31.8 Å². The zero-order valence-corrected chi connectivity index (χ0v) is 9.78. The van der Waals surface area contributed by atoms with Crippen LogP contribution in [0.15, 0.2) is 24.3 Å². The summed E-state index contributed by atoms with van der Waals surface area (Å²) >= 11 is 5.80. The first kappa shape index (κ1) is 11.3. The molecule has 3 heteroatoms.